The van der Waals surface area contributed by atoms with Gasteiger partial charge in [0, 0.05) is 6.61 Å². The highest BCUT2D eigenvalue weighted by Crippen LogP contribution is 2.50. The quantitative estimate of drug-likeness (QED) is 0.926. The summed E-state index contributed by atoms with van der Waals surface area (Å²) in [5, 5.41) is 9.63. The Labute approximate surface area is 149 Å². The summed E-state index contributed by atoms with van der Waals surface area (Å²) in [6.45, 7) is 5.48. The van der Waals surface area contributed by atoms with Gasteiger partial charge in [0.25, 0.3) is 0 Å². The van der Waals surface area contributed by atoms with Gasteiger partial charge in [-0.05, 0) is 31.4 Å². The molecule has 132 valence electrons. The summed E-state index contributed by atoms with van der Waals surface area (Å²) in [4.78, 5) is 2.33. The first-order valence-electron chi connectivity index (χ1n) is 8.89. The van der Waals surface area contributed by atoms with Crippen molar-refractivity contribution in [3.8, 4) is 0 Å². The van der Waals surface area contributed by atoms with E-state index in [0.29, 0.717) is 19.6 Å². The maximum Gasteiger partial charge on any atom is 0.139 e. The minimum absolute atomic E-state index is 0.129. The molecule has 2 fully saturated rings. The number of hydrogen-bond acceptors (Lipinski definition) is 4. The van der Waals surface area contributed by atoms with E-state index in [-0.39, 0.29) is 24.6 Å². The Morgan fingerprint density at radius 1 is 0.960 bits per heavy atom. The van der Waals surface area contributed by atoms with Crippen molar-refractivity contribution in [3.63, 3.8) is 0 Å². The first-order chi connectivity index (χ1) is 12.1. The smallest absolute Gasteiger partial charge is 0.139 e. The summed E-state index contributed by atoms with van der Waals surface area (Å²) in [5.41, 5.74) is 4.45. The summed E-state index contributed by atoms with van der Waals surface area (Å²) in [6, 6.07) is 16.9. The third kappa shape index (κ3) is 2.89. The SMILES string of the molecule is Cc1cccc([C@H]2OC[C@]3(CCO)CO[C@@H](c4cccc(C)c4)N23)c1. The number of aliphatic hydroxyl groups is 1. The van der Waals surface area contributed by atoms with Crippen LogP contribution in [-0.2, 0) is 9.47 Å². The van der Waals surface area contributed by atoms with Crippen LogP contribution in [0.2, 0.25) is 0 Å². The standard InChI is InChI=1S/C21H25NO3/c1-15-5-3-7-17(11-15)19-22-20(18-8-4-6-16(2)12-18)25-14-21(22,9-10-23)13-24-19/h3-8,11-12,19-20,23H,9-10,13-14H2,1-2H3/t19-,20+,21-. The van der Waals surface area contributed by atoms with Gasteiger partial charge in [0.05, 0.1) is 18.8 Å². The topological polar surface area (TPSA) is 41.9 Å². The fourth-order valence-corrected chi connectivity index (χ4v) is 4.08. The van der Waals surface area contributed by atoms with Crippen LogP contribution < -0.4 is 0 Å². The average Bonchev–Trinajstić information content (AvgIpc) is 3.12. The van der Waals surface area contributed by atoms with E-state index < -0.39 is 0 Å². The highest BCUT2D eigenvalue weighted by atomic mass is 16.6. The zero-order chi connectivity index (χ0) is 17.4. The van der Waals surface area contributed by atoms with E-state index in [9.17, 15) is 5.11 Å². The molecule has 25 heavy (non-hydrogen) atoms. The fourth-order valence-electron chi connectivity index (χ4n) is 4.08. The van der Waals surface area contributed by atoms with Crippen LogP contribution in [0.3, 0.4) is 0 Å². The monoisotopic (exact) mass is 339 g/mol. The second-order valence-corrected chi connectivity index (χ2v) is 7.26. The Hall–Kier alpha value is -1.72. The van der Waals surface area contributed by atoms with Gasteiger partial charge in [-0.3, -0.25) is 0 Å². The third-order valence-electron chi connectivity index (χ3n) is 5.30. The summed E-state index contributed by atoms with van der Waals surface area (Å²) in [5.74, 6) is 0. The summed E-state index contributed by atoms with van der Waals surface area (Å²) in [7, 11) is 0. The van der Waals surface area contributed by atoms with Gasteiger partial charge in [-0.25, -0.2) is 4.90 Å². The Kier molecular flexibility index (Phi) is 4.38. The molecule has 3 atom stereocenters. The van der Waals surface area contributed by atoms with Crippen LogP contribution in [-0.4, -0.2) is 35.4 Å². The van der Waals surface area contributed by atoms with Crippen molar-refractivity contribution < 1.29 is 14.6 Å². The molecule has 4 heteroatoms. The van der Waals surface area contributed by atoms with E-state index in [2.05, 4.69) is 67.3 Å². The van der Waals surface area contributed by atoms with Gasteiger partial charge in [0.2, 0.25) is 0 Å². The lowest BCUT2D eigenvalue weighted by atomic mass is 9.96. The predicted octanol–water partition coefficient (Wildman–Crippen LogP) is 3.48. The number of hydrogen-bond donors (Lipinski definition) is 1. The third-order valence-corrected chi connectivity index (χ3v) is 5.30. The molecule has 0 unspecified atom stereocenters. The lowest BCUT2D eigenvalue weighted by molar-refractivity contribution is -0.0623. The van der Waals surface area contributed by atoms with Gasteiger partial charge in [0.15, 0.2) is 0 Å². The van der Waals surface area contributed by atoms with E-state index in [1.807, 2.05) is 0 Å². The van der Waals surface area contributed by atoms with Crippen molar-refractivity contribution in [2.75, 3.05) is 19.8 Å². The Morgan fingerprint density at radius 3 is 1.92 bits per heavy atom. The number of nitrogens with zero attached hydrogens (tertiary/aromatic N) is 1. The lowest BCUT2D eigenvalue weighted by Gasteiger charge is -2.34. The first kappa shape index (κ1) is 16.7. The fraction of sp³-hybridized carbons (Fsp3) is 0.429. The molecule has 2 aliphatic rings. The van der Waals surface area contributed by atoms with E-state index in [1.165, 1.54) is 11.1 Å². The van der Waals surface area contributed by atoms with Gasteiger partial charge in [-0.15, -0.1) is 0 Å². The molecule has 1 N–H and O–H groups in total. The predicted molar refractivity (Wildman–Crippen MR) is 96.0 cm³/mol. The van der Waals surface area contributed by atoms with Crippen molar-refractivity contribution in [2.24, 2.45) is 0 Å². The van der Waals surface area contributed by atoms with E-state index >= 15 is 0 Å². The number of ether oxygens (including phenoxy) is 2. The molecular formula is C21H25NO3. The van der Waals surface area contributed by atoms with Crippen LogP contribution in [0.4, 0.5) is 0 Å². The molecule has 2 aliphatic heterocycles. The molecular weight excluding hydrogens is 314 g/mol. The number of benzene rings is 2. The lowest BCUT2D eigenvalue weighted by Crippen LogP contribution is -2.45. The first-order valence-corrected chi connectivity index (χ1v) is 8.89. The molecule has 4 rings (SSSR count). The van der Waals surface area contributed by atoms with Crippen molar-refractivity contribution in [2.45, 2.75) is 38.3 Å². The number of aliphatic hydroxyl groups excluding tert-OH is 1. The van der Waals surface area contributed by atoms with E-state index in [0.717, 1.165) is 11.1 Å². The minimum atomic E-state index is -0.266. The second kappa shape index (κ2) is 6.54. The maximum atomic E-state index is 9.63. The van der Waals surface area contributed by atoms with E-state index in [4.69, 9.17) is 9.47 Å². The van der Waals surface area contributed by atoms with Gasteiger partial charge >= 0.3 is 0 Å². The summed E-state index contributed by atoms with van der Waals surface area (Å²) >= 11 is 0. The number of aryl methyl sites for hydroxylation is 2. The van der Waals surface area contributed by atoms with Gasteiger partial charge < -0.3 is 14.6 Å². The van der Waals surface area contributed by atoms with Crippen LogP contribution >= 0.6 is 0 Å². The van der Waals surface area contributed by atoms with Crippen LogP contribution in [0.1, 0.15) is 41.1 Å². The normalized spacial score (nSPS) is 29.1. The molecule has 0 amide bonds. The molecule has 2 heterocycles. The Morgan fingerprint density at radius 2 is 1.48 bits per heavy atom. The maximum absolute atomic E-state index is 9.63. The highest BCUT2D eigenvalue weighted by Gasteiger charge is 2.56. The molecule has 2 aromatic rings. The molecule has 0 aliphatic carbocycles. The van der Waals surface area contributed by atoms with Crippen LogP contribution in [0, 0.1) is 13.8 Å². The molecule has 2 saturated heterocycles. The van der Waals surface area contributed by atoms with Crippen molar-refractivity contribution in [1.29, 1.82) is 0 Å². The highest BCUT2D eigenvalue weighted by molar-refractivity contribution is 5.29. The molecule has 0 bridgehead atoms. The summed E-state index contributed by atoms with van der Waals surface area (Å²) in [6.07, 6.45) is 0.344. The zero-order valence-electron chi connectivity index (χ0n) is 14.8. The van der Waals surface area contributed by atoms with Gasteiger partial charge in [-0.2, -0.15) is 0 Å². The Bertz CT molecular complexity index is 703. The Balaban J connectivity index is 1.75. The van der Waals surface area contributed by atoms with Crippen molar-refractivity contribution in [1.82, 2.24) is 4.90 Å². The van der Waals surface area contributed by atoms with Gasteiger partial charge in [0.1, 0.15) is 12.5 Å². The minimum Gasteiger partial charge on any atom is -0.396 e. The average molecular weight is 339 g/mol. The molecule has 0 spiro atoms. The molecule has 2 aromatic carbocycles. The molecule has 0 radical (unpaired) electrons. The molecule has 0 saturated carbocycles. The van der Waals surface area contributed by atoms with Crippen molar-refractivity contribution >= 4 is 0 Å². The summed E-state index contributed by atoms with van der Waals surface area (Å²) < 4.78 is 12.5. The second-order valence-electron chi connectivity index (χ2n) is 7.26. The van der Waals surface area contributed by atoms with Crippen molar-refractivity contribution in [3.05, 3.63) is 70.8 Å². The largest absolute Gasteiger partial charge is 0.396 e. The van der Waals surface area contributed by atoms with Gasteiger partial charge in [-0.1, -0.05) is 59.7 Å². The van der Waals surface area contributed by atoms with E-state index in [1.54, 1.807) is 0 Å². The zero-order valence-corrected chi connectivity index (χ0v) is 14.8. The number of rotatable bonds is 4. The van der Waals surface area contributed by atoms with Crippen LogP contribution in [0.25, 0.3) is 0 Å². The molecule has 4 nitrogen and oxygen atoms in total. The van der Waals surface area contributed by atoms with Crippen LogP contribution in [0.5, 0.6) is 0 Å². The molecule has 0 aromatic heterocycles. The number of fused-ring (bicyclic) bond motifs is 1. The van der Waals surface area contributed by atoms with Crippen LogP contribution in [0.15, 0.2) is 48.5 Å².